The van der Waals surface area contributed by atoms with Gasteiger partial charge >= 0.3 is 0 Å². The zero-order valence-corrected chi connectivity index (χ0v) is 14.7. The number of aromatic nitrogens is 1. The molecule has 0 atom stereocenters. The highest BCUT2D eigenvalue weighted by atomic mass is 32.1. The normalized spacial score (nSPS) is 19.2. The molecule has 0 unspecified atom stereocenters. The Balaban J connectivity index is 1.48. The van der Waals surface area contributed by atoms with E-state index in [2.05, 4.69) is 35.8 Å². The van der Waals surface area contributed by atoms with Crippen LogP contribution in [0.2, 0.25) is 0 Å². The van der Waals surface area contributed by atoms with Crippen LogP contribution in [0, 0.1) is 19.8 Å². The monoisotopic (exact) mass is 329 g/mol. The largest absolute Gasteiger partial charge is 0.345 e. The molecule has 1 aliphatic heterocycles. The molecule has 1 aliphatic carbocycles. The maximum atomic E-state index is 12.3. The van der Waals surface area contributed by atoms with Gasteiger partial charge in [0.2, 0.25) is 5.91 Å². The number of fused-ring (bicyclic) bond motifs is 1. The van der Waals surface area contributed by atoms with Crippen molar-refractivity contribution >= 4 is 32.6 Å². The standard InChI is InChI=1S/C18H23N3OS/c1-12-6-7-15-16(13(12)2)19-18(23-15)21-10-8-20(9-11-21)17(22)14-4-3-5-14/h6-7,14H,3-5,8-11H2,1-2H3. The fraction of sp³-hybridized carbons (Fsp3) is 0.556. The first-order chi connectivity index (χ1) is 11.1. The number of carbonyl (C=O) groups excluding carboxylic acids is 1. The summed E-state index contributed by atoms with van der Waals surface area (Å²) in [7, 11) is 0. The second kappa shape index (κ2) is 5.78. The highest BCUT2D eigenvalue weighted by molar-refractivity contribution is 7.22. The first kappa shape index (κ1) is 14.9. The lowest BCUT2D eigenvalue weighted by Gasteiger charge is -2.38. The molecule has 2 aromatic rings. The number of benzene rings is 1. The van der Waals surface area contributed by atoms with Gasteiger partial charge in [0, 0.05) is 32.1 Å². The van der Waals surface area contributed by atoms with Gasteiger partial charge in [0.25, 0.3) is 0 Å². The quantitative estimate of drug-likeness (QED) is 0.848. The number of nitrogens with zero attached hydrogens (tertiary/aromatic N) is 3. The first-order valence-electron chi connectivity index (χ1n) is 8.54. The molecule has 1 aromatic carbocycles. The summed E-state index contributed by atoms with van der Waals surface area (Å²) in [6.07, 6.45) is 3.41. The predicted octanol–water partition coefficient (Wildman–Crippen LogP) is 3.36. The molecule has 4 nitrogen and oxygen atoms in total. The van der Waals surface area contributed by atoms with Gasteiger partial charge in [-0.2, -0.15) is 0 Å². The minimum absolute atomic E-state index is 0.314. The van der Waals surface area contributed by atoms with E-state index in [1.165, 1.54) is 22.2 Å². The fourth-order valence-electron chi connectivity index (χ4n) is 3.38. The Morgan fingerprint density at radius 2 is 1.91 bits per heavy atom. The number of aryl methyl sites for hydroxylation is 2. The van der Waals surface area contributed by atoms with Crippen molar-refractivity contribution in [3.8, 4) is 0 Å². The van der Waals surface area contributed by atoms with Crippen LogP contribution in [0.1, 0.15) is 30.4 Å². The molecule has 23 heavy (non-hydrogen) atoms. The van der Waals surface area contributed by atoms with Crippen LogP contribution in [-0.2, 0) is 4.79 Å². The van der Waals surface area contributed by atoms with Crippen molar-refractivity contribution in [3.05, 3.63) is 23.3 Å². The third kappa shape index (κ3) is 2.61. The van der Waals surface area contributed by atoms with Crippen LogP contribution in [0.15, 0.2) is 12.1 Å². The molecule has 1 amide bonds. The highest BCUT2D eigenvalue weighted by Gasteiger charge is 2.31. The van der Waals surface area contributed by atoms with Crippen LogP contribution in [0.3, 0.4) is 0 Å². The zero-order valence-electron chi connectivity index (χ0n) is 13.8. The van der Waals surface area contributed by atoms with Crippen LogP contribution in [0.25, 0.3) is 10.2 Å². The second-order valence-electron chi connectivity index (χ2n) is 6.79. The summed E-state index contributed by atoms with van der Waals surface area (Å²) < 4.78 is 1.26. The van der Waals surface area contributed by atoms with Crippen LogP contribution in [-0.4, -0.2) is 42.0 Å². The van der Waals surface area contributed by atoms with Gasteiger partial charge in [0.05, 0.1) is 10.2 Å². The molecule has 5 heteroatoms. The van der Waals surface area contributed by atoms with E-state index in [1.54, 1.807) is 11.3 Å². The number of piperazine rings is 1. The number of anilines is 1. The summed E-state index contributed by atoms with van der Waals surface area (Å²) in [5.74, 6) is 0.696. The lowest BCUT2D eigenvalue weighted by molar-refractivity contribution is -0.138. The van der Waals surface area contributed by atoms with E-state index in [1.807, 2.05) is 0 Å². The van der Waals surface area contributed by atoms with Gasteiger partial charge < -0.3 is 9.80 Å². The summed E-state index contributed by atoms with van der Waals surface area (Å²) in [5.41, 5.74) is 3.71. The number of amides is 1. The highest BCUT2D eigenvalue weighted by Crippen LogP contribution is 2.33. The van der Waals surface area contributed by atoms with E-state index in [-0.39, 0.29) is 0 Å². The molecule has 1 saturated heterocycles. The molecular weight excluding hydrogens is 306 g/mol. The number of carbonyl (C=O) groups is 1. The molecule has 2 aliphatic rings. The van der Waals surface area contributed by atoms with Crippen molar-refractivity contribution in [1.82, 2.24) is 9.88 Å². The number of hydrogen-bond acceptors (Lipinski definition) is 4. The van der Waals surface area contributed by atoms with Crippen molar-refractivity contribution in [2.45, 2.75) is 33.1 Å². The fourth-order valence-corrected chi connectivity index (χ4v) is 4.46. The van der Waals surface area contributed by atoms with Crippen molar-refractivity contribution in [2.24, 2.45) is 5.92 Å². The average molecular weight is 329 g/mol. The smallest absolute Gasteiger partial charge is 0.225 e. The van der Waals surface area contributed by atoms with Crippen molar-refractivity contribution in [1.29, 1.82) is 0 Å². The molecule has 0 N–H and O–H groups in total. The van der Waals surface area contributed by atoms with Crippen molar-refractivity contribution in [3.63, 3.8) is 0 Å². The third-order valence-electron chi connectivity index (χ3n) is 5.39. The Hall–Kier alpha value is -1.62. The van der Waals surface area contributed by atoms with Crippen molar-refractivity contribution in [2.75, 3.05) is 31.1 Å². The molecule has 122 valence electrons. The summed E-state index contributed by atoms with van der Waals surface area (Å²) in [6.45, 7) is 7.76. The Bertz CT molecular complexity index is 742. The number of hydrogen-bond donors (Lipinski definition) is 0. The van der Waals surface area contributed by atoms with Gasteiger partial charge in [-0.15, -0.1) is 0 Å². The van der Waals surface area contributed by atoms with E-state index in [0.717, 1.165) is 49.7 Å². The predicted molar refractivity (Wildman–Crippen MR) is 95.2 cm³/mol. The van der Waals surface area contributed by atoms with Gasteiger partial charge in [-0.05, 0) is 43.9 Å². The molecule has 4 rings (SSSR count). The van der Waals surface area contributed by atoms with Crippen molar-refractivity contribution < 1.29 is 4.79 Å². The molecule has 0 radical (unpaired) electrons. The summed E-state index contributed by atoms with van der Waals surface area (Å²) >= 11 is 1.77. The van der Waals surface area contributed by atoms with Gasteiger partial charge in [-0.25, -0.2) is 4.98 Å². The second-order valence-corrected chi connectivity index (χ2v) is 7.80. The lowest BCUT2D eigenvalue weighted by atomic mass is 9.84. The summed E-state index contributed by atoms with van der Waals surface area (Å²) in [5, 5.41) is 1.10. The van der Waals surface area contributed by atoms with E-state index in [0.29, 0.717) is 11.8 Å². The molecule has 1 aromatic heterocycles. The molecule has 0 bridgehead atoms. The van der Waals surface area contributed by atoms with Crippen LogP contribution in [0.5, 0.6) is 0 Å². The van der Waals surface area contributed by atoms with Crippen LogP contribution >= 0.6 is 11.3 Å². The maximum Gasteiger partial charge on any atom is 0.225 e. The SMILES string of the molecule is Cc1ccc2sc(N3CCN(C(=O)C4CCC4)CC3)nc2c1C. The van der Waals surface area contributed by atoms with Gasteiger partial charge in [0.15, 0.2) is 5.13 Å². The van der Waals surface area contributed by atoms with E-state index in [4.69, 9.17) is 4.98 Å². The Morgan fingerprint density at radius 3 is 2.57 bits per heavy atom. The van der Waals surface area contributed by atoms with Gasteiger partial charge in [-0.3, -0.25) is 4.79 Å². The average Bonchev–Trinajstić information content (AvgIpc) is 2.94. The number of rotatable bonds is 2. The topological polar surface area (TPSA) is 36.4 Å². The van der Waals surface area contributed by atoms with Gasteiger partial charge in [0.1, 0.15) is 0 Å². The first-order valence-corrected chi connectivity index (χ1v) is 9.35. The minimum Gasteiger partial charge on any atom is -0.345 e. The molecule has 0 spiro atoms. The van der Waals surface area contributed by atoms with Crippen LogP contribution in [0.4, 0.5) is 5.13 Å². The summed E-state index contributed by atoms with van der Waals surface area (Å²) in [6, 6.07) is 4.35. The van der Waals surface area contributed by atoms with E-state index in [9.17, 15) is 4.79 Å². The Labute approximate surface area is 141 Å². The number of thiazole rings is 1. The summed E-state index contributed by atoms with van der Waals surface area (Å²) in [4.78, 5) is 21.6. The molecule has 2 fully saturated rings. The third-order valence-corrected chi connectivity index (χ3v) is 6.47. The molecular formula is C18H23N3OS. The maximum absolute atomic E-state index is 12.3. The van der Waals surface area contributed by atoms with E-state index >= 15 is 0 Å². The minimum atomic E-state index is 0.314. The molecule has 2 heterocycles. The van der Waals surface area contributed by atoms with E-state index < -0.39 is 0 Å². The van der Waals surface area contributed by atoms with Crippen LogP contribution < -0.4 is 4.90 Å². The molecule has 1 saturated carbocycles. The zero-order chi connectivity index (χ0) is 16.0. The Kier molecular flexibility index (Phi) is 3.76. The Morgan fingerprint density at radius 1 is 1.17 bits per heavy atom. The lowest BCUT2D eigenvalue weighted by Crippen LogP contribution is -2.51. The van der Waals surface area contributed by atoms with Gasteiger partial charge in [-0.1, -0.05) is 23.8 Å².